The Hall–Kier alpha value is -3.58. The van der Waals surface area contributed by atoms with Crippen LogP contribution in [0.4, 0.5) is 0 Å². The number of pyridine rings is 1. The van der Waals surface area contributed by atoms with E-state index in [9.17, 15) is 9.59 Å². The maximum atomic E-state index is 12.9. The van der Waals surface area contributed by atoms with Crippen LogP contribution in [0.2, 0.25) is 5.02 Å². The predicted octanol–water partition coefficient (Wildman–Crippen LogP) is 5.96. The first-order chi connectivity index (χ1) is 16.8. The van der Waals surface area contributed by atoms with Crippen LogP contribution in [0.25, 0.3) is 11.1 Å². The third-order valence-electron chi connectivity index (χ3n) is 5.28. The summed E-state index contributed by atoms with van der Waals surface area (Å²) in [5.41, 5.74) is 3.21. The zero-order valence-corrected chi connectivity index (χ0v) is 21.2. The van der Waals surface area contributed by atoms with Gasteiger partial charge in [-0.15, -0.1) is 0 Å². The van der Waals surface area contributed by atoms with E-state index in [0.29, 0.717) is 45.6 Å². The summed E-state index contributed by atoms with van der Waals surface area (Å²) in [7, 11) is 1.52. The van der Waals surface area contributed by atoms with Crippen molar-refractivity contribution < 1.29 is 28.5 Å². The Labute approximate surface area is 209 Å². The zero-order chi connectivity index (χ0) is 25.5. The van der Waals surface area contributed by atoms with Gasteiger partial charge in [-0.2, -0.15) is 0 Å². The first-order valence-corrected chi connectivity index (χ1v) is 11.6. The number of aryl methyl sites for hydroxylation is 2. The van der Waals surface area contributed by atoms with E-state index >= 15 is 0 Å². The van der Waals surface area contributed by atoms with Gasteiger partial charge in [0.2, 0.25) is 0 Å². The molecule has 2 aromatic carbocycles. The highest BCUT2D eigenvalue weighted by Crippen LogP contribution is 2.38. The van der Waals surface area contributed by atoms with Gasteiger partial charge in [-0.3, -0.25) is 4.98 Å². The van der Waals surface area contributed by atoms with Gasteiger partial charge in [-0.05, 0) is 63.1 Å². The van der Waals surface area contributed by atoms with Gasteiger partial charge in [-0.1, -0.05) is 29.8 Å². The van der Waals surface area contributed by atoms with Gasteiger partial charge in [0.05, 0.1) is 42.8 Å². The lowest BCUT2D eigenvalue weighted by atomic mass is 9.92. The quantitative estimate of drug-likeness (QED) is 0.337. The molecule has 184 valence electrons. The van der Waals surface area contributed by atoms with Crippen molar-refractivity contribution in [2.24, 2.45) is 0 Å². The molecule has 0 saturated carbocycles. The number of hydrogen-bond donors (Lipinski definition) is 0. The number of methoxy groups -OCH3 is 1. The van der Waals surface area contributed by atoms with Gasteiger partial charge in [0.15, 0.2) is 11.5 Å². The molecule has 0 radical (unpaired) electrons. The first kappa shape index (κ1) is 26.0. The lowest BCUT2D eigenvalue weighted by Gasteiger charge is -2.19. The summed E-state index contributed by atoms with van der Waals surface area (Å²) in [4.78, 5) is 30.3. The van der Waals surface area contributed by atoms with Gasteiger partial charge in [0, 0.05) is 10.6 Å². The molecule has 1 heterocycles. The minimum atomic E-state index is -0.569. The second kappa shape index (κ2) is 11.7. The minimum Gasteiger partial charge on any atom is -0.493 e. The smallest absolute Gasteiger partial charge is 0.340 e. The minimum absolute atomic E-state index is 0.182. The molecular weight excluding hydrogens is 470 g/mol. The van der Waals surface area contributed by atoms with Gasteiger partial charge in [-0.25, -0.2) is 9.59 Å². The number of benzene rings is 2. The van der Waals surface area contributed by atoms with Crippen molar-refractivity contribution >= 4 is 23.5 Å². The van der Waals surface area contributed by atoms with Gasteiger partial charge in [0.25, 0.3) is 0 Å². The number of esters is 2. The van der Waals surface area contributed by atoms with E-state index in [4.69, 9.17) is 30.5 Å². The Morgan fingerprint density at radius 3 is 1.94 bits per heavy atom. The molecule has 0 fully saturated rings. The van der Waals surface area contributed by atoms with Crippen LogP contribution in [0.15, 0.2) is 42.5 Å². The van der Waals surface area contributed by atoms with Crippen molar-refractivity contribution in [3.8, 4) is 22.6 Å². The van der Waals surface area contributed by atoms with E-state index < -0.39 is 11.9 Å². The monoisotopic (exact) mass is 497 g/mol. The summed E-state index contributed by atoms with van der Waals surface area (Å²) < 4.78 is 22.1. The Bertz CT molecular complexity index is 1180. The van der Waals surface area contributed by atoms with E-state index in [1.807, 2.05) is 12.1 Å². The summed E-state index contributed by atoms with van der Waals surface area (Å²) in [6.07, 6.45) is 0. The Morgan fingerprint density at radius 2 is 1.43 bits per heavy atom. The molecule has 0 unspecified atom stereocenters. The van der Waals surface area contributed by atoms with Crippen LogP contribution in [0.1, 0.15) is 51.5 Å². The second-order valence-corrected chi connectivity index (χ2v) is 8.07. The van der Waals surface area contributed by atoms with E-state index in [-0.39, 0.29) is 24.3 Å². The predicted molar refractivity (Wildman–Crippen MR) is 133 cm³/mol. The average Bonchev–Trinajstić information content (AvgIpc) is 2.83. The van der Waals surface area contributed by atoms with Crippen molar-refractivity contribution in [2.45, 2.75) is 34.3 Å². The van der Waals surface area contributed by atoms with Gasteiger partial charge in [0.1, 0.15) is 6.61 Å². The molecule has 0 amide bonds. The molecule has 0 spiro atoms. The molecule has 0 N–H and O–H groups in total. The summed E-state index contributed by atoms with van der Waals surface area (Å²) in [6, 6.07) is 12.6. The highest BCUT2D eigenvalue weighted by Gasteiger charge is 2.28. The molecule has 8 heteroatoms. The Balaban J connectivity index is 2.12. The summed E-state index contributed by atoms with van der Waals surface area (Å²) in [5, 5.41) is 0.647. The molecule has 0 aliphatic heterocycles. The third-order valence-corrected chi connectivity index (χ3v) is 5.53. The second-order valence-electron chi connectivity index (χ2n) is 7.63. The first-order valence-electron chi connectivity index (χ1n) is 11.2. The van der Waals surface area contributed by atoms with Crippen LogP contribution >= 0.6 is 11.6 Å². The van der Waals surface area contributed by atoms with Crippen molar-refractivity contribution in [3.63, 3.8) is 0 Å². The van der Waals surface area contributed by atoms with Crippen LogP contribution in [0.5, 0.6) is 11.5 Å². The standard InChI is InChI=1S/C27H28ClNO6/c1-6-33-26(30)23-16(3)29-17(4)24(27(31)34-7-2)25(23)19-10-13-21(22(14-19)32-5)35-15-18-8-11-20(28)12-9-18/h8-14H,6-7,15H2,1-5H3. The molecule has 0 saturated heterocycles. The summed E-state index contributed by atoms with van der Waals surface area (Å²) >= 11 is 5.95. The molecule has 3 rings (SSSR count). The number of carbonyl (C=O) groups excluding carboxylic acids is 2. The lowest BCUT2D eigenvalue weighted by Crippen LogP contribution is -2.17. The molecule has 0 atom stereocenters. The molecule has 0 bridgehead atoms. The summed E-state index contributed by atoms with van der Waals surface area (Å²) in [6.45, 7) is 7.52. The maximum absolute atomic E-state index is 12.9. The SMILES string of the molecule is CCOC(=O)c1c(C)nc(C)c(C(=O)OCC)c1-c1ccc(OCc2ccc(Cl)cc2)c(OC)c1. The largest absolute Gasteiger partial charge is 0.493 e. The van der Waals surface area contributed by atoms with E-state index in [0.717, 1.165) is 5.56 Å². The van der Waals surface area contributed by atoms with Crippen LogP contribution in [-0.2, 0) is 16.1 Å². The fourth-order valence-electron chi connectivity index (χ4n) is 3.73. The maximum Gasteiger partial charge on any atom is 0.340 e. The van der Waals surface area contributed by atoms with E-state index in [1.54, 1.807) is 58.0 Å². The number of rotatable bonds is 9. The van der Waals surface area contributed by atoms with Crippen LogP contribution in [-0.4, -0.2) is 37.2 Å². The highest BCUT2D eigenvalue weighted by atomic mass is 35.5. The third kappa shape index (κ3) is 5.92. The molecule has 35 heavy (non-hydrogen) atoms. The molecule has 7 nitrogen and oxygen atoms in total. The molecule has 3 aromatic rings. The number of ether oxygens (including phenoxy) is 4. The topological polar surface area (TPSA) is 84.0 Å². The fraction of sp³-hybridized carbons (Fsp3) is 0.296. The van der Waals surface area contributed by atoms with Crippen LogP contribution < -0.4 is 9.47 Å². The molecular formula is C27H28ClNO6. The highest BCUT2D eigenvalue weighted by molar-refractivity contribution is 6.30. The van der Waals surface area contributed by atoms with Gasteiger partial charge >= 0.3 is 11.9 Å². The lowest BCUT2D eigenvalue weighted by molar-refractivity contribution is 0.0525. The van der Waals surface area contributed by atoms with Crippen LogP contribution in [0.3, 0.4) is 0 Å². The number of halogens is 1. The zero-order valence-electron chi connectivity index (χ0n) is 20.4. The normalized spacial score (nSPS) is 10.6. The van der Waals surface area contributed by atoms with Crippen molar-refractivity contribution in [1.29, 1.82) is 0 Å². The Morgan fingerprint density at radius 1 is 0.857 bits per heavy atom. The Kier molecular flexibility index (Phi) is 8.71. The van der Waals surface area contributed by atoms with Gasteiger partial charge < -0.3 is 18.9 Å². The number of nitrogens with zero attached hydrogens (tertiary/aromatic N) is 1. The van der Waals surface area contributed by atoms with Crippen molar-refractivity contribution in [1.82, 2.24) is 4.98 Å². The van der Waals surface area contributed by atoms with E-state index in [2.05, 4.69) is 4.98 Å². The van der Waals surface area contributed by atoms with Crippen molar-refractivity contribution in [2.75, 3.05) is 20.3 Å². The average molecular weight is 498 g/mol. The number of hydrogen-bond acceptors (Lipinski definition) is 7. The summed E-state index contributed by atoms with van der Waals surface area (Å²) in [5.74, 6) is -0.197. The molecule has 1 aromatic heterocycles. The van der Waals surface area contributed by atoms with E-state index in [1.165, 1.54) is 7.11 Å². The number of aromatic nitrogens is 1. The van der Waals surface area contributed by atoms with Crippen molar-refractivity contribution in [3.05, 3.63) is 75.6 Å². The van der Waals surface area contributed by atoms with Crippen LogP contribution in [0, 0.1) is 13.8 Å². The molecule has 0 aliphatic carbocycles. The molecule has 0 aliphatic rings. The number of carbonyl (C=O) groups is 2. The fourth-order valence-corrected chi connectivity index (χ4v) is 3.85.